The van der Waals surface area contributed by atoms with Gasteiger partial charge in [0.1, 0.15) is 5.75 Å². The van der Waals surface area contributed by atoms with Crippen molar-refractivity contribution in [3.63, 3.8) is 0 Å². The van der Waals surface area contributed by atoms with Crippen molar-refractivity contribution in [2.24, 2.45) is 0 Å². The van der Waals surface area contributed by atoms with Crippen molar-refractivity contribution in [3.8, 4) is 17.0 Å². The molecule has 3 rings (SSSR count). The quantitative estimate of drug-likeness (QED) is 0.310. The third-order valence-corrected chi connectivity index (χ3v) is 5.17. The van der Waals surface area contributed by atoms with Crippen molar-refractivity contribution in [2.75, 3.05) is 18.2 Å². The number of nitrogens with zero attached hydrogens (tertiary/aromatic N) is 1. The standard InChI is InChI=1S/C19H16IN3O3S/c1-26-15-8-2-12(3-9-15)16-10-17(24)23-19(22-16)27-11-18(25)21-14-6-4-13(20)5-7-14/h2-10H,11H2,1H3,(H,21,25)(H,22,23,24). The number of halogens is 1. The van der Waals surface area contributed by atoms with E-state index in [2.05, 4.69) is 37.9 Å². The van der Waals surface area contributed by atoms with Crippen molar-refractivity contribution in [3.05, 3.63) is 68.5 Å². The van der Waals surface area contributed by atoms with Crippen molar-refractivity contribution < 1.29 is 9.53 Å². The van der Waals surface area contributed by atoms with Crippen molar-refractivity contribution in [1.82, 2.24) is 9.97 Å². The van der Waals surface area contributed by atoms with Gasteiger partial charge in [-0.05, 0) is 71.1 Å². The van der Waals surface area contributed by atoms with Gasteiger partial charge in [0.05, 0.1) is 18.6 Å². The molecule has 2 aromatic carbocycles. The molecule has 138 valence electrons. The van der Waals surface area contributed by atoms with Crippen LogP contribution in [0.1, 0.15) is 0 Å². The lowest BCUT2D eigenvalue weighted by atomic mass is 10.1. The normalized spacial score (nSPS) is 10.4. The highest BCUT2D eigenvalue weighted by Gasteiger charge is 2.08. The predicted octanol–water partition coefficient (Wildman–Crippen LogP) is 3.78. The average molecular weight is 493 g/mol. The number of carbonyl (C=O) groups excluding carboxylic acids is 1. The lowest BCUT2D eigenvalue weighted by Crippen LogP contribution is -2.15. The molecular weight excluding hydrogens is 477 g/mol. The highest BCUT2D eigenvalue weighted by Crippen LogP contribution is 2.22. The first-order chi connectivity index (χ1) is 13.0. The molecule has 1 heterocycles. The smallest absolute Gasteiger partial charge is 0.252 e. The number of methoxy groups -OCH3 is 1. The number of ether oxygens (including phenoxy) is 1. The monoisotopic (exact) mass is 493 g/mol. The summed E-state index contributed by atoms with van der Waals surface area (Å²) in [6.45, 7) is 0. The molecule has 8 heteroatoms. The SMILES string of the molecule is COc1ccc(-c2cc(=O)[nH]c(SCC(=O)Nc3ccc(I)cc3)n2)cc1. The van der Waals surface area contributed by atoms with E-state index in [1.54, 1.807) is 19.2 Å². The maximum absolute atomic E-state index is 12.1. The van der Waals surface area contributed by atoms with Gasteiger partial charge in [-0.15, -0.1) is 0 Å². The van der Waals surface area contributed by atoms with Crippen LogP contribution in [0.5, 0.6) is 5.75 Å². The molecule has 1 amide bonds. The number of aromatic nitrogens is 2. The molecule has 0 spiro atoms. The number of H-pyrrole nitrogens is 1. The van der Waals surface area contributed by atoms with Crippen LogP contribution in [-0.4, -0.2) is 28.7 Å². The summed E-state index contributed by atoms with van der Waals surface area (Å²) in [4.78, 5) is 31.1. The molecule has 0 bridgehead atoms. The number of rotatable bonds is 6. The number of amides is 1. The van der Waals surface area contributed by atoms with Crippen LogP contribution in [0, 0.1) is 3.57 Å². The second-order valence-electron chi connectivity index (χ2n) is 5.51. The van der Waals surface area contributed by atoms with Crippen LogP contribution in [0.4, 0.5) is 5.69 Å². The molecule has 3 aromatic rings. The van der Waals surface area contributed by atoms with Crippen LogP contribution in [0.2, 0.25) is 0 Å². The van der Waals surface area contributed by atoms with Crippen molar-refractivity contribution in [2.45, 2.75) is 5.16 Å². The Morgan fingerprint density at radius 1 is 1.19 bits per heavy atom. The molecule has 27 heavy (non-hydrogen) atoms. The minimum Gasteiger partial charge on any atom is -0.497 e. The zero-order valence-electron chi connectivity index (χ0n) is 14.4. The Balaban J connectivity index is 1.67. The first-order valence-corrected chi connectivity index (χ1v) is 10.0. The molecule has 0 aliphatic heterocycles. The molecule has 6 nitrogen and oxygen atoms in total. The van der Waals surface area contributed by atoms with Crippen molar-refractivity contribution >= 4 is 45.9 Å². The van der Waals surface area contributed by atoms with Gasteiger partial charge < -0.3 is 15.0 Å². The zero-order chi connectivity index (χ0) is 19.2. The van der Waals surface area contributed by atoms with Gasteiger partial charge in [-0.3, -0.25) is 9.59 Å². The fourth-order valence-electron chi connectivity index (χ4n) is 2.28. The molecule has 0 atom stereocenters. The minimum atomic E-state index is -0.267. The van der Waals surface area contributed by atoms with Gasteiger partial charge in [0.15, 0.2) is 5.16 Å². The highest BCUT2D eigenvalue weighted by molar-refractivity contribution is 14.1. The number of benzene rings is 2. The Morgan fingerprint density at radius 2 is 1.89 bits per heavy atom. The number of anilines is 1. The third-order valence-electron chi connectivity index (χ3n) is 3.57. The topological polar surface area (TPSA) is 84.1 Å². The molecule has 2 N–H and O–H groups in total. The van der Waals surface area contributed by atoms with Gasteiger partial charge >= 0.3 is 0 Å². The maximum atomic E-state index is 12.1. The van der Waals surface area contributed by atoms with Crippen LogP contribution in [-0.2, 0) is 4.79 Å². The molecule has 0 radical (unpaired) electrons. The van der Waals surface area contributed by atoms with E-state index in [1.807, 2.05) is 36.4 Å². The Hall–Kier alpha value is -2.33. The number of aromatic amines is 1. The molecule has 0 aliphatic carbocycles. The molecule has 1 aromatic heterocycles. The number of hydrogen-bond donors (Lipinski definition) is 2. The first kappa shape index (κ1) is 19.4. The van der Waals surface area contributed by atoms with E-state index in [9.17, 15) is 9.59 Å². The number of hydrogen-bond acceptors (Lipinski definition) is 5. The highest BCUT2D eigenvalue weighted by atomic mass is 127. The van der Waals surface area contributed by atoms with E-state index in [0.29, 0.717) is 10.9 Å². The van der Waals surface area contributed by atoms with Crippen LogP contribution in [0.15, 0.2) is 64.5 Å². The zero-order valence-corrected chi connectivity index (χ0v) is 17.3. The summed E-state index contributed by atoms with van der Waals surface area (Å²) in [5, 5.41) is 3.21. The molecule has 0 saturated carbocycles. The number of thioether (sulfide) groups is 1. The molecule has 0 aliphatic rings. The number of carbonyl (C=O) groups is 1. The summed E-state index contributed by atoms with van der Waals surface area (Å²) >= 11 is 3.38. The van der Waals surface area contributed by atoms with E-state index in [1.165, 1.54) is 17.8 Å². The van der Waals surface area contributed by atoms with Gasteiger partial charge in [0.2, 0.25) is 5.91 Å². The largest absolute Gasteiger partial charge is 0.497 e. The summed E-state index contributed by atoms with van der Waals surface area (Å²) < 4.78 is 6.23. The first-order valence-electron chi connectivity index (χ1n) is 7.97. The van der Waals surface area contributed by atoms with Crippen LogP contribution >= 0.6 is 34.4 Å². The van der Waals surface area contributed by atoms with Crippen LogP contribution < -0.4 is 15.6 Å². The van der Waals surface area contributed by atoms with Gasteiger partial charge in [-0.1, -0.05) is 11.8 Å². The third kappa shape index (κ3) is 5.57. The average Bonchev–Trinajstić information content (AvgIpc) is 2.68. The van der Waals surface area contributed by atoms with E-state index < -0.39 is 0 Å². The molecular formula is C19H16IN3O3S. The summed E-state index contributed by atoms with van der Waals surface area (Å²) in [6.07, 6.45) is 0. The van der Waals surface area contributed by atoms with E-state index in [0.717, 1.165) is 20.6 Å². The van der Waals surface area contributed by atoms with Crippen LogP contribution in [0.25, 0.3) is 11.3 Å². The minimum absolute atomic E-state index is 0.140. The predicted molar refractivity (Wildman–Crippen MR) is 115 cm³/mol. The van der Waals surface area contributed by atoms with Gasteiger partial charge in [0.25, 0.3) is 5.56 Å². The van der Waals surface area contributed by atoms with Crippen LogP contribution in [0.3, 0.4) is 0 Å². The maximum Gasteiger partial charge on any atom is 0.252 e. The summed E-state index contributed by atoms with van der Waals surface area (Å²) in [5.74, 6) is 0.699. The summed E-state index contributed by atoms with van der Waals surface area (Å²) in [7, 11) is 1.59. The molecule has 0 saturated heterocycles. The lowest BCUT2D eigenvalue weighted by molar-refractivity contribution is -0.113. The van der Waals surface area contributed by atoms with Crippen molar-refractivity contribution in [1.29, 1.82) is 0 Å². The Morgan fingerprint density at radius 3 is 2.56 bits per heavy atom. The Kier molecular flexibility index (Phi) is 6.51. The molecule has 0 fully saturated rings. The van der Waals surface area contributed by atoms with Gasteiger partial charge in [-0.2, -0.15) is 0 Å². The van der Waals surface area contributed by atoms with Gasteiger partial charge in [0, 0.05) is 20.9 Å². The Labute approximate surface area is 173 Å². The summed E-state index contributed by atoms with van der Waals surface area (Å²) in [6, 6.07) is 16.2. The fraction of sp³-hybridized carbons (Fsp3) is 0.105. The van der Waals surface area contributed by atoms with E-state index in [4.69, 9.17) is 4.74 Å². The molecule has 0 unspecified atom stereocenters. The fourth-order valence-corrected chi connectivity index (χ4v) is 3.31. The van der Waals surface area contributed by atoms with E-state index in [-0.39, 0.29) is 17.2 Å². The van der Waals surface area contributed by atoms with Gasteiger partial charge in [-0.25, -0.2) is 4.98 Å². The number of nitrogens with one attached hydrogen (secondary N) is 2. The second-order valence-corrected chi connectivity index (χ2v) is 7.72. The lowest BCUT2D eigenvalue weighted by Gasteiger charge is -2.07. The second kappa shape index (κ2) is 9.05. The summed E-state index contributed by atoms with van der Waals surface area (Å²) in [5.41, 5.74) is 1.81. The Bertz CT molecular complexity index is 988. The van der Waals surface area contributed by atoms with E-state index >= 15 is 0 Å².